The third-order valence-corrected chi connectivity index (χ3v) is 9.17. The lowest BCUT2D eigenvalue weighted by atomic mass is 10.0. The lowest BCUT2D eigenvalue weighted by Gasteiger charge is -2.04. The molecule has 230 valence electrons. The van der Waals surface area contributed by atoms with Crippen LogP contribution in [0.1, 0.15) is 22.5 Å². The molecular weight excluding hydrogens is 589 g/mol. The standard InChI is InChI=1S/C43H32N4O/c1-26-8-12-29(13-9-26)42-37-22-18-33(46-37)31-16-20-35(44-31)41(28-6-4-3-5-7-28)36-21-17-32(45-36)34-19-23-38(47-34)43(40-25-24-39(42)48-40)30-14-10-27(2)11-15-30/h3-25,44,46-47H,1-2H3. The Bertz CT molecular complexity index is 2660. The summed E-state index contributed by atoms with van der Waals surface area (Å²) in [6.45, 7) is 4.22. The Morgan fingerprint density at radius 2 is 0.833 bits per heavy atom. The summed E-state index contributed by atoms with van der Waals surface area (Å²) in [5, 5.41) is 0. The smallest absolute Gasteiger partial charge is 0.137 e. The quantitative estimate of drug-likeness (QED) is 0.184. The van der Waals surface area contributed by atoms with E-state index in [2.05, 4.69) is 162 Å². The van der Waals surface area contributed by atoms with Crippen LogP contribution in [0.15, 0.2) is 132 Å². The van der Waals surface area contributed by atoms with Gasteiger partial charge in [-0.2, -0.15) is 0 Å². The van der Waals surface area contributed by atoms with E-state index in [1.165, 1.54) is 11.1 Å². The van der Waals surface area contributed by atoms with Crippen LogP contribution >= 0.6 is 0 Å². The minimum Gasteiger partial charge on any atom is -0.456 e. The number of hydrogen-bond acceptors (Lipinski definition) is 2. The molecule has 3 aromatic carbocycles. The molecule has 5 aromatic heterocycles. The molecule has 0 radical (unpaired) electrons. The molecular formula is C43H32N4O. The molecule has 0 spiro atoms. The van der Waals surface area contributed by atoms with Gasteiger partial charge in [0.25, 0.3) is 0 Å². The molecule has 0 atom stereocenters. The van der Waals surface area contributed by atoms with Gasteiger partial charge >= 0.3 is 0 Å². The second-order valence-electron chi connectivity index (χ2n) is 12.5. The zero-order valence-electron chi connectivity index (χ0n) is 26.6. The summed E-state index contributed by atoms with van der Waals surface area (Å²) in [5.41, 5.74) is 17.9. The number of benzene rings is 3. The van der Waals surface area contributed by atoms with Crippen LogP contribution in [0.25, 0.3) is 89.8 Å². The zero-order chi connectivity index (χ0) is 32.2. The maximum absolute atomic E-state index is 6.84. The second kappa shape index (κ2) is 11.2. The van der Waals surface area contributed by atoms with Gasteiger partial charge in [-0.05, 0) is 91.2 Å². The van der Waals surface area contributed by atoms with Gasteiger partial charge < -0.3 is 19.4 Å². The minimum atomic E-state index is 0.782. The highest BCUT2D eigenvalue weighted by Crippen LogP contribution is 2.36. The van der Waals surface area contributed by atoms with E-state index in [1.807, 2.05) is 6.07 Å². The van der Waals surface area contributed by atoms with Crippen molar-refractivity contribution in [2.45, 2.75) is 13.8 Å². The fourth-order valence-electron chi connectivity index (χ4n) is 6.69. The maximum atomic E-state index is 6.84. The van der Waals surface area contributed by atoms with E-state index in [4.69, 9.17) is 9.40 Å². The van der Waals surface area contributed by atoms with Crippen LogP contribution in [0.5, 0.6) is 0 Å². The predicted octanol–water partition coefficient (Wildman–Crippen LogP) is 11.6. The first-order valence-electron chi connectivity index (χ1n) is 16.2. The minimum absolute atomic E-state index is 0.782. The van der Waals surface area contributed by atoms with Crippen molar-refractivity contribution in [1.82, 2.24) is 19.9 Å². The third-order valence-electron chi connectivity index (χ3n) is 9.17. The molecule has 3 N–H and O–H groups in total. The van der Waals surface area contributed by atoms with Crippen molar-refractivity contribution in [1.29, 1.82) is 0 Å². The molecule has 48 heavy (non-hydrogen) atoms. The number of H-pyrrole nitrogens is 3. The normalized spacial score (nSPS) is 11.9. The highest BCUT2D eigenvalue weighted by Gasteiger charge is 2.15. The molecule has 1 aliphatic rings. The zero-order valence-corrected chi connectivity index (χ0v) is 26.6. The van der Waals surface area contributed by atoms with Crippen LogP contribution in [0.4, 0.5) is 0 Å². The van der Waals surface area contributed by atoms with Crippen molar-refractivity contribution < 1.29 is 4.42 Å². The fourth-order valence-corrected chi connectivity index (χ4v) is 6.69. The summed E-state index contributed by atoms with van der Waals surface area (Å²) in [4.78, 5) is 16.3. The maximum Gasteiger partial charge on any atom is 0.137 e. The van der Waals surface area contributed by atoms with E-state index < -0.39 is 0 Å². The number of furan rings is 1. The largest absolute Gasteiger partial charge is 0.456 e. The molecule has 0 saturated heterocycles. The van der Waals surface area contributed by atoms with E-state index in [-0.39, 0.29) is 0 Å². The van der Waals surface area contributed by atoms with E-state index >= 15 is 0 Å². The Balaban J connectivity index is 1.45. The molecule has 0 fully saturated rings. The van der Waals surface area contributed by atoms with E-state index in [1.54, 1.807) is 0 Å². The van der Waals surface area contributed by atoms with Gasteiger partial charge in [0.15, 0.2) is 0 Å². The topological polar surface area (TPSA) is 73.4 Å². The van der Waals surface area contributed by atoms with Crippen molar-refractivity contribution in [3.8, 4) is 33.4 Å². The van der Waals surface area contributed by atoms with Crippen LogP contribution in [-0.2, 0) is 0 Å². The Morgan fingerprint density at radius 1 is 0.396 bits per heavy atom. The van der Waals surface area contributed by atoms with Crippen LogP contribution in [0.2, 0.25) is 0 Å². The highest BCUT2D eigenvalue weighted by molar-refractivity contribution is 5.99. The van der Waals surface area contributed by atoms with Gasteiger partial charge in [-0.1, -0.05) is 90.0 Å². The number of aromatic amines is 3. The number of aromatic nitrogens is 4. The monoisotopic (exact) mass is 620 g/mol. The Labute approximate surface area is 277 Å². The van der Waals surface area contributed by atoms with E-state index in [0.29, 0.717) is 0 Å². The SMILES string of the molecule is Cc1ccc(-c2c3ccc([nH]3)c3nc(c(-c4ccccc4)c4ccc([nH]4)c4ccc([nH]4)c(-c4ccc(C)cc4)c4ccc2o4)C=C3)cc1. The molecule has 5 nitrogen and oxygen atoms in total. The van der Waals surface area contributed by atoms with Gasteiger partial charge in [0, 0.05) is 22.2 Å². The van der Waals surface area contributed by atoms with Gasteiger partial charge in [-0.3, -0.25) is 0 Å². The van der Waals surface area contributed by atoms with Crippen LogP contribution < -0.4 is 0 Å². The average Bonchev–Trinajstić information content (AvgIpc) is 3.95. The van der Waals surface area contributed by atoms with Crippen LogP contribution in [-0.4, -0.2) is 19.9 Å². The molecule has 0 unspecified atom stereocenters. The number of aryl methyl sites for hydroxylation is 2. The first-order valence-corrected chi connectivity index (χ1v) is 16.2. The molecule has 6 heterocycles. The molecule has 8 aromatic rings. The molecule has 5 heteroatoms. The summed E-state index contributed by atoms with van der Waals surface area (Å²) in [6.07, 6.45) is 4.19. The Hall–Kier alpha value is -6.33. The van der Waals surface area contributed by atoms with Gasteiger partial charge in [0.2, 0.25) is 0 Å². The summed E-state index contributed by atoms with van der Waals surface area (Å²) in [5.74, 6) is 0. The number of rotatable bonds is 3. The van der Waals surface area contributed by atoms with Crippen molar-refractivity contribution in [3.05, 3.63) is 150 Å². The summed E-state index contributed by atoms with van der Waals surface area (Å²) < 4.78 is 6.84. The average molecular weight is 621 g/mol. The molecule has 0 aliphatic carbocycles. The summed E-state index contributed by atoms with van der Waals surface area (Å²) >= 11 is 0. The highest BCUT2D eigenvalue weighted by atomic mass is 16.3. The Morgan fingerprint density at radius 3 is 1.40 bits per heavy atom. The van der Waals surface area contributed by atoms with Crippen molar-refractivity contribution in [2.75, 3.05) is 0 Å². The lowest BCUT2D eigenvalue weighted by Crippen LogP contribution is -1.85. The number of hydrogen-bond donors (Lipinski definition) is 3. The van der Waals surface area contributed by atoms with Crippen LogP contribution in [0.3, 0.4) is 0 Å². The van der Waals surface area contributed by atoms with Gasteiger partial charge in [0.1, 0.15) is 11.2 Å². The van der Waals surface area contributed by atoms with Gasteiger partial charge in [-0.25, -0.2) is 4.98 Å². The molecule has 0 amide bonds. The summed E-state index contributed by atoms with van der Waals surface area (Å²) in [6, 6.07) is 44.6. The first-order chi connectivity index (χ1) is 23.6. The van der Waals surface area contributed by atoms with E-state index in [0.717, 1.165) is 89.0 Å². The van der Waals surface area contributed by atoms with Crippen LogP contribution in [0, 0.1) is 13.8 Å². The van der Waals surface area contributed by atoms with E-state index in [9.17, 15) is 0 Å². The van der Waals surface area contributed by atoms with Crippen molar-refractivity contribution in [2.24, 2.45) is 0 Å². The lowest BCUT2D eigenvalue weighted by molar-refractivity contribution is 0.668. The summed E-state index contributed by atoms with van der Waals surface area (Å²) in [7, 11) is 0. The third kappa shape index (κ3) is 4.84. The fraction of sp³-hybridized carbons (Fsp3) is 0.0465. The molecule has 1 aliphatic heterocycles. The first kappa shape index (κ1) is 27.9. The van der Waals surface area contributed by atoms with Gasteiger partial charge in [0.05, 0.1) is 39.0 Å². The number of fused-ring (bicyclic) bond motifs is 12. The number of nitrogens with one attached hydrogen (secondary N) is 3. The second-order valence-corrected chi connectivity index (χ2v) is 12.5. The predicted molar refractivity (Wildman–Crippen MR) is 200 cm³/mol. The molecule has 9 rings (SSSR count). The molecule has 10 bridgehead atoms. The van der Waals surface area contributed by atoms with Crippen molar-refractivity contribution in [3.63, 3.8) is 0 Å². The Kier molecular flexibility index (Phi) is 6.51. The van der Waals surface area contributed by atoms with Crippen molar-refractivity contribution >= 4 is 56.4 Å². The number of nitrogens with zero attached hydrogens (tertiary/aromatic N) is 1. The van der Waals surface area contributed by atoms with Gasteiger partial charge in [-0.15, -0.1) is 0 Å². The molecule has 0 saturated carbocycles.